The predicted molar refractivity (Wildman–Crippen MR) is 67.2 cm³/mol. The summed E-state index contributed by atoms with van der Waals surface area (Å²) in [6, 6.07) is 0.332. The van der Waals surface area contributed by atoms with Gasteiger partial charge in [0.1, 0.15) is 5.54 Å². The van der Waals surface area contributed by atoms with E-state index in [9.17, 15) is 14.7 Å². The summed E-state index contributed by atoms with van der Waals surface area (Å²) < 4.78 is 0. The first-order valence-corrected chi connectivity index (χ1v) is 6.82. The number of nitrogens with one attached hydrogen (secondary N) is 2. The number of carboxylic acid groups (broad SMARTS) is 1. The minimum absolute atomic E-state index is 0.0434. The summed E-state index contributed by atoms with van der Waals surface area (Å²) in [6.07, 6.45) is 4.49. The molecule has 102 valence electrons. The van der Waals surface area contributed by atoms with Crippen LogP contribution in [0.25, 0.3) is 0 Å². The van der Waals surface area contributed by atoms with Crippen molar-refractivity contribution in [1.82, 2.24) is 10.6 Å². The number of piperidine rings is 1. The van der Waals surface area contributed by atoms with Crippen molar-refractivity contribution < 1.29 is 14.7 Å². The Bertz CT molecular complexity index is 337. The first kappa shape index (κ1) is 13.3. The topological polar surface area (TPSA) is 78.4 Å². The molecule has 1 saturated heterocycles. The van der Waals surface area contributed by atoms with Crippen molar-refractivity contribution in [3.8, 4) is 0 Å². The lowest BCUT2D eigenvalue weighted by atomic mass is 9.90. The van der Waals surface area contributed by atoms with Crippen LogP contribution in [0.4, 0.5) is 0 Å². The highest BCUT2D eigenvalue weighted by Crippen LogP contribution is 2.31. The molecule has 3 N–H and O–H groups in total. The van der Waals surface area contributed by atoms with Gasteiger partial charge in [0.05, 0.1) is 0 Å². The molecule has 0 aromatic heterocycles. The quantitative estimate of drug-likeness (QED) is 0.699. The molecule has 1 amide bonds. The highest BCUT2D eigenvalue weighted by molar-refractivity contribution is 5.88. The number of hydrogen-bond acceptors (Lipinski definition) is 3. The Balaban J connectivity index is 1.99. The summed E-state index contributed by atoms with van der Waals surface area (Å²) in [5.41, 5.74) is -0.995. The van der Waals surface area contributed by atoms with Crippen LogP contribution in [-0.2, 0) is 9.59 Å². The molecule has 0 radical (unpaired) electrons. The average molecular weight is 254 g/mol. The first-order valence-electron chi connectivity index (χ1n) is 6.82. The van der Waals surface area contributed by atoms with E-state index < -0.39 is 11.5 Å². The number of carboxylic acids is 1. The highest BCUT2D eigenvalue weighted by Gasteiger charge is 2.43. The third-order valence-corrected chi connectivity index (χ3v) is 4.22. The SMILES string of the molecule is CC1CC(C(=O)NC2(C(=O)O)CCCC2)CCN1. The van der Waals surface area contributed by atoms with Gasteiger partial charge >= 0.3 is 5.97 Å². The summed E-state index contributed by atoms with van der Waals surface area (Å²) in [6.45, 7) is 2.89. The number of carbonyl (C=O) groups excluding carboxylic acids is 1. The van der Waals surface area contributed by atoms with Crippen LogP contribution >= 0.6 is 0 Å². The summed E-state index contributed by atoms with van der Waals surface area (Å²) >= 11 is 0. The molecule has 2 fully saturated rings. The van der Waals surface area contributed by atoms with E-state index in [0.29, 0.717) is 18.9 Å². The van der Waals surface area contributed by atoms with Crippen LogP contribution in [0.2, 0.25) is 0 Å². The number of carbonyl (C=O) groups is 2. The molecule has 2 rings (SSSR count). The average Bonchev–Trinajstić information content (AvgIpc) is 2.79. The van der Waals surface area contributed by atoms with Crippen LogP contribution in [0.5, 0.6) is 0 Å². The molecule has 1 saturated carbocycles. The maximum atomic E-state index is 12.2. The van der Waals surface area contributed by atoms with Gasteiger partial charge in [-0.2, -0.15) is 0 Å². The van der Waals surface area contributed by atoms with E-state index in [4.69, 9.17) is 0 Å². The Kier molecular flexibility index (Phi) is 3.90. The Labute approximate surface area is 107 Å². The Morgan fingerprint density at radius 1 is 1.33 bits per heavy atom. The molecule has 5 heteroatoms. The smallest absolute Gasteiger partial charge is 0.329 e. The molecule has 0 aromatic carbocycles. The van der Waals surface area contributed by atoms with E-state index in [0.717, 1.165) is 32.2 Å². The number of amides is 1. The lowest BCUT2D eigenvalue weighted by molar-refractivity contribution is -0.148. The van der Waals surface area contributed by atoms with E-state index in [-0.39, 0.29) is 11.8 Å². The largest absolute Gasteiger partial charge is 0.480 e. The summed E-state index contributed by atoms with van der Waals surface area (Å²) in [7, 11) is 0. The normalized spacial score (nSPS) is 30.9. The van der Waals surface area contributed by atoms with Gasteiger partial charge in [-0.25, -0.2) is 4.79 Å². The second kappa shape index (κ2) is 5.26. The zero-order chi connectivity index (χ0) is 13.2. The van der Waals surface area contributed by atoms with E-state index in [2.05, 4.69) is 17.6 Å². The van der Waals surface area contributed by atoms with Crippen molar-refractivity contribution >= 4 is 11.9 Å². The van der Waals surface area contributed by atoms with Crippen molar-refractivity contribution in [2.75, 3.05) is 6.54 Å². The fourth-order valence-corrected chi connectivity index (χ4v) is 3.08. The molecule has 18 heavy (non-hydrogen) atoms. The first-order chi connectivity index (χ1) is 8.53. The monoisotopic (exact) mass is 254 g/mol. The molecule has 2 atom stereocenters. The third kappa shape index (κ3) is 2.66. The van der Waals surface area contributed by atoms with Gasteiger partial charge in [0.2, 0.25) is 5.91 Å². The molecule has 1 aliphatic carbocycles. The molecule has 5 nitrogen and oxygen atoms in total. The molecule has 2 aliphatic rings. The fourth-order valence-electron chi connectivity index (χ4n) is 3.08. The van der Waals surface area contributed by atoms with Crippen molar-refractivity contribution in [2.45, 2.75) is 57.0 Å². The summed E-state index contributed by atoms with van der Waals surface area (Å²) in [4.78, 5) is 23.6. The van der Waals surface area contributed by atoms with Gasteiger partial charge in [-0.3, -0.25) is 4.79 Å². The molecule has 0 bridgehead atoms. The summed E-state index contributed by atoms with van der Waals surface area (Å²) in [5.74, 6) is -0.999. The maximum absolute atomic E-state index is 12.2. The lowest BCUT2D eigenvalue weighted by Gasteiger charge is -2.31. The van der Waals surface area contributed by atoms with E-state index in [1.165, 1.54) is 0 Å². The van der Waals surface area contributed by atoms with Gasteiger partial charge in [0.15, 0.2) is 0 Å². The fraction of sp³-hybridized carbons (Fsp3) is 0.846. The molecule has 2 unspecified atom stereocenters. The Hall–Kier alpha value is -1.10. The van der Waals surface area contributed by atoms with Gasteiger partial charge in [0, 0.05) is 12.0 Å². The second-order valence-electron chi connectivity index (χ2n) is 5.66. The number of aliphatic carboxylic acids is 1. The van der Waals surface area contributed by atoms with Crippen molar-refractivity contribution in [3.05, 3.63) is 0 Å². The Morgan fingerprint density at radius 2 is 2.00 bits per heavy atom. The van der Waals surface area contributed by atoms with Gasteiger partial charge < -0.3 is 15.7 Å². The standard InChI is InChI=1S/C13H22N2O3/c1-9-8-10(4-7-14-9)11(16)15-13(12(17)18)5-2-3-6-13/h9-10,14H,2-8H2,1H3,(H,15,16)(H,17,18). The highest BCUT2D eigenvalue weighted by atomic mass is 16.4. The third-order valence-electron chi connectivity index (χ3n) is 4.22. The van der Waals surface area contributed by atoms with Crippen molar-refractivity contribution in [3.63, 3.8) is 0 Å². The predicted octanol–water partition coefficient (Wildman–Crippen LogP) is 0.888. The molecular weight excluding hydrogens is 232 g/mol. The molecule has 1 aliphatic heterocycles. The lowest BCUT2D eigenvalue weighted by Crippen LogP contribution is -2.55. The summed E-state index contributed by atoms with van der Waals surface area (Å²) in [5, 5.41) is 15.4. The van der Waals surface area contributed by atoms with Crippen LogP contribution in [0, 0.1) is 5.92 Å². The van der Waals surface area contributed by atoms with E-state index in [1.54, 1.807) is 0 Å². The molecular formula is C13H22N2O3. The van der Waals surface area contributed by atoms with Crippen molar-refractivity contribution in [1.29, 1.82) is 0 Å². The molecule has 0 spiro atoms. The second-order valence-corrected chi connectivity index (χ2v) is 5.66. The van der Waals surface area contributed by atoms with Gasteiger partial charge in [0.25, 0.3) is 0 Å². The van der Waals surface area contributed by atoms with Crippen LogP contribution in [0.1, 0.15) is 45.4 Å². The van der Waals surface area contributed by atoms with Crippen LogP contribution in [-0.4, -0.2) is 35.1 Å². The van der Waals surface area contributed by atoms with Gasteiger partial charge in [-0.05, 0) is 39.2 Å². The van der Waals surface area contributed by atoms with Gasteiger partial charge in [-0.1, -0.05) is 12.8 Å². The van der Waals surface area contributed by atoms with Crippen LogP contribution < -0.4 is 10.6 Å². The zero-order valence-corrected chi connectivity index (χ0v) is 10.9. The number of hydrogen-bond donors (Lipinski definition) is 3. The van der Waals surface area contributed by atoms with E-state index in [1.807, 2.05) is 0 Å². The van der Waals surface area contributed by atoms with E-state index >= 15 is 0 Å². The zero-order valence-electron chi connectivity index (χ0n) is 10.9. The minimum atomic E-state index is -0.995. The van der Waals surface area contributed by atoms with Crippen LogP contribution in [0.15, 0.2) is 0 Å². The molecule has 1 heterocycles. The number of rotatable bonds is 3. The maximum Gasteiger partial charge on any atom is 0.329 e. The van der Waals surface area contributed by atoms with Crippen LogP contribution in [0.3, 0.4) is 0 Å². The van der Waals surface area contributed by atoms with Crippen molar-refractivity contribution in [2.24, 2.45) is 5.92 Å². The minimum Gasteiger partial charge on any atom is -0.480 e. The Morgan fingerprint density at radius 3 is 2.56 bits per heavy atom. The molecule has 0 aromatic rings. The van der Waals surface area contributed by atoms with Gasteiger partial charge in [-0.15, -0.1) is 0 Å².